The molecule has 2 rings (SSSR count). The Kier molecular flexibility index (Phi) is 5.75. The Bertz CT molecular complexity index is 777. The molecule has 1 aromatic heterocycles. The fraction of sp³-hybridized carbons (Fsp3) is 0.312. The lowest BCUT2D eigenvalue weighted by atomic mass is 10.0. The smallest absolute Gasteiger partial charge is 0.292 e. The van der Waals surface area contributed by atoms with Crippen LogP contribution in [0.25, 0.3) is 0 Å². The van der Waals surface area contributed by atoms with Crippen LogP contribution in [0.3, 0.4) is 0 Å². The highest BCUT2D eigenvalue weighted by atomic mass is 35.5. The average Bonchev–Trinajstić information content (AvgIpc) is 2.95. The van der Waals surface area contributed by atoms with Crippen molar-refractivity contribution in [3.05, 3.63) is 57.2 Å². The van der Waals surface area contributed by atoms with E-state index in [0.29, 0.717) is 17.8 Å². The van der Waals surface area contributed by atoms with Crippen molar-refractivity contribution in [3.63, 3.8) is 0 Å². The number of ketones is 1. The van der Waals surface area contributed by atoms with Crippen molar-refractivity contribution in [1.29, 1.82) is 0 Å². The summed E-state index contributed by atoms with van der Waals surface area (Å²) in [5, 5.41) is -4.66. The summed E-state index contributed by atoms with van der Waals surface area (Å²) in [6, 6.07) is 11.0. The molecule has 2 aromatic rings. The van der Waals surface area contributed by atoms with Crippen LogP contribution in [0, 0.1) is 0 Å². The van der Waals surface area contributed by atoms with Gasteiger partial charge < -0.3 is 0 Å². The minimum Gasteiger partial charge on any atom is -0.292 e. The summed E-state index contributed by atoms with van der Waals surface area (Å²) >= 11 is 12.0. The van der Waals surface area contributed by atoms with Crippen molar-refractivity contribution in [2.75, 3.05) is 0 Å². The van der Waals surface area contributed by atoms with Gasteiger partial charge in [0.25, 0.3) is 10.2 Å². The number of hydrogen-bond acceptors (Lipinski definition) is 2. The van der Waals surface area contributed by atoms with Crippen molar-refractivity contribution < 1.29 is 24.2 Å². The lowest BCUT2D eigenvalue weighted by molar-refractivity contribution is 0.0971. The second-order valence-electron chi connectivity index (χ2n) is 5.84. The van der Waals surface area contributed by atoms with Gasteiger partial charge in [0.2, 0.25) is 0 Å². The first-order chi connectivity index (χ1) is 11.8. The zero-order chi connectivity index (χ0) is 19.7. The molecule has 0 spiro atoms. The highest BCUT2D eigenvalue weighted by Gasteiger charge is 2.72. The molecular weight excluding hydrogens is 438 g/mol. The minimum atomic E-state index is -10.1. The van der Waals surface area contributed by atoms with E-state index in [1.54, 1.807) is 30.3 Å². The van der Waals surface area contributed by atoms with Gasteiger partial charge in [-0.2, -0.15) is 0 Å². The molecule has 0 N–H and O–H groups in total. The number of alkyl halides is 1. The molecule has 0 aliphatic rings. The third-order valence-corrected chi connectivity index (χ3v) is 6.83. The third-order valence-electron chi connectivity index (χ3n) is 3.71. The number of carbonyl (C=O) groups is 1. The van der Waals surface area contributed by atoms with Crippen LogP contribution in [0.4, 0.5) is 19.4 Å². The van der Waals surface area contributed by atoms with E-state index < -0.39 is 37.9 Å². The van der Waals surface area contributed by atoms with E-state index in [-0.39, 0.29) is 10.8 Å². The Morgan fingerprint density at radius 2 is 1.65 bits per heavy atom. The van der Waals surface area contributed by atoms with Gasteiger partial charge in [-0.05, 0) is 37.0 Å². The first-order valence-corrected chi connectivity index (χ1v) is 11.1. The van der Waals surface area contributed by atoms with Gasteiger partial charge in [-0.1, -0.05) is 61.4 Å². The first kappa shape index (κ1) is 21.5. The molecule has 0 saturated heterocycles. The van der Waals surface area contributed by atoms with E-state index in [0.717, 1.165) is 11.6 Å². The second-order valence-corrected chi connectivity index (χ2v) is 10.8. The number of carbonyl (C=O) groups excluding carboxylic acids is 1. The summed E-state index contributed by atoms with van der Waals surface area (Å²) in [6.45, 7) is 0. The molecule has 0 fully saturated rings. The molecule has 26 heavy (non-hydrogen) atoms. The van der Waals surface area contributed by atoms with Crippen LogP contribution in [0.2, 0.25) is 4.34 Å². The van der Waals surface area contributed by atoms with Gasteiger partial charge in [0, 0.05) is 5.38 Å². The summed E-state index contributed by atoms with van der Waals surface area (Å²) in [5.41, 5.74) is 0.818. The van der Waals surface area contributed by atoms with E-state index in [1.807, 2.05) is 0 Å². The van der Waals surface area contributed by atoms with E-state index >= 15 is 0 Å². The van der Waals surface area contributed by atoms with Gasteiger partial charge in [-0.3, -0.25) is 4.79 Å². The lowest BCUT2D eigenvalue weighted by Gasteiger charge is -2.46. The van der Waals surface area contributed by atoms with E-state index in [2.05, 4.69) is 0 Å². The molecule has 1 aromatic carbocycles. The number of benzene rings is 1. The van der Waals surface area contributed by atoms with E-state index in [4.69, 9.17) is 23.2 Å². The predicted octanol–water partition coefficient (Wildman–Crippen LogP) is 7.88. The fourth-order valence-electron chi connectivity index (χ4n) is 2.41. The molecule has 0 aliphatic carbocycles. The maximum absolute atomic E-state index is 13.4. The Labute approximate surface area is 161 Å². The standard InChI is InChI=1S/C16H15Cl2F5OS2/c17-12(7-6-11-4-2-1-3-5-11)10-14(26(19,20,21,22)23)16(24)13-8-9-15(18)25-13/h1-5,8-9,12,14H,6-7,10H2. The normalized spacial score (nSPS) is 17.2. The van der Waals surface area contributed by atoms with Gasteiger partial charge in [0.15, 0.2) is 11.0 Å². The molecule has 0 amide bonds. The van der Waals surface area contributed by atoms with Crippen LogP contribution >= 0.6 is 44.8 Å². The lowest BCUT2D eigenvalue weighted by Crippen LogP contribution is -2.35. The summed E-state index contributed by atoms with van der Waals surface area (Å²) in [5.74, 6) is -1.69. The van der Waals surface area contributed by atoms with Crippen molar-refractivity contribution in [3.8, 4) is 0 Å². The Hall–Kier alpha value is -0.830. The molecule has 0 saturated carbocycles. The first-order valence-electron chi connectivity index (χ1n) is 7.47. The summed E-state index contributed by atoms with van der Waals surface area (Å²) in [7, 11) is -10.1. The number of halogens is 7. The van der Waals surface area contributed by atoms with Gasteiger partial charge in [0.05, 0.1) is 9.21 Å². The number of hydrogen-bond donors (Lipinski definition) is 0. The molecule has 10 heteroatoms. The quantitative estimate of drug-likeness (QED) is 0.226. The number of Topliss-reactive ketones (excluding diaryl/α,β-unsaturated/α-hetero) is 1. The number of rotatable bonds is 8. The van der Waals surface area contributed by atoms with E-state index in [1.165, 1.54) is 6.07 Å². The third kappa shape index (κ3) is 6.11. The van der Waals surface area contributed by atoms with Crippen LogP contribution in [0.5, 0.6) is 0 Å². The molecule has 1 nitrogen and oxygen atoms in total. The summed E-state index contributed by atoms with van der Waals surface area (Å²) in [4.78, 5) is 11.7. The maximum atomic E-state index is 13.4. The van der Waals surface area contributed by atoms with E-state index in [9.17, 15) is 24.2 Å². The number of thiophene rings is 1. The molecule has 0 bridgehead atoms. The molecule has 2 unspecified atom stereocenters. The molecule has 1 heterocycles. The predicted molar refractivity (Wildman–Crippen MR) is 99.6 cm³/mol. The summed E-state index contributed by atoms with van der Waals surface area (Å²) in [6.07, 6.45) is -0.823. The largest absolute Gasteiger partial charge is 0.295 e. The topological polar surface area (TPSA) is 17.1 Å². The molecule has 0 aliphatic heterocycles. The SMILES string of the molecule is O=C(c1ccc(Cl)s1)C(CC(Cl)CCc1ccccc1)S(F)(F)(F)(F)F. The fourth-order valence-corrected chi connectivity index (χ4v) is 5.05. The maximum Gasteiger partial charge on any atom is 0.295 e. The van der Waals surface area contributed by atoms with Gasteiger partial charge >= 0.3 is 0 Å². The van der Waals surface area contributed by atoms with Crippen LogP contribution in [0.1, 0.15) is 28.1 Å². The minimum absolute atomic E-state index is 0.0361. The van der Waals surface area contributed by atoms with Crippen LogP contribution in [-0.4, -0.2) is 16.4 Å². The molecule has 146 valence electrons. The van der Waals surface area contributed by atoms with Gasteiger partial charge in [-0.25, -0.2) is 0 Å². The van der Waals surface area contributed by atoms with Crippen LogP contribution in [0.15, 0.2) is 42.5 Å². The summed E-state index contributed by atoms with van der Waals surface area (Å²) < 4.78 is 67.2. The molecular formula is C16H15Cl2F5OS2. The van der Waals surface area contributed by atoms with Gasteiger partial charge in [-0.15, -0.1) is 22.9 Å². The van der Waals surface area contributed by atoms with Crippen LogP contribution < -0.4 is 0 Å². The van der Waals surface area contributed by atoms with Crippen molar-refractivity contribution in [2.45, 2.75) is 29.9 Å². The Balaban J connectivity index is 2.18. The average molecular weight is 453 g/mol. The Morgan fingerprint density at radius 3 is 2.15 bits per heavy atom. The highest BCUT2D eigenvalue weighted by Crippen LogP contribution is 3.00. The molecule has 0 radical (unpaired) electrons. The van der Waals surface area contributed by atoms with Crippen molar-refractivity contribution in [1.82, 2.24) is 0 Å². The molecule has 2 atom stereocenters. The van der Waals surface area contributed by atoms with Crippen LogP contribution in [-0.2, 0) is 6.42 Å². The highest BCUT2D eigenvalue weighted by molar-refractivity contribution is 8.46. The van der Waals surface area contributed by atoms with Crippen molar-refractivity contribution >= 4 is 50.5 Å². The zero-order valence-electron chi connectivity index (χ0n) is 13.2. The number of aryl methyl sites for hydroxylation is 1. The second kappa shape index (κ2) is 6.96. The Morgan fingerprint density at radius 1 is 1.04 bits per heavy atom. The van der Waals surface area contributed by atoms with Gasteiger partial charge in [0.1, 0.15) is 0 Å². The van der Waals surface area contributed by atoms with Crippen molar-refractivity contribution in [2.24, 2.45) is 0 Å². The zero-order valence-corrected chi connectivity index (χ0v) is 16.3. The monoisotopic (exact) mass is 452 g/mol.